The highest BCUT2D eigenvalue weighted by Gasteiger charge is 2.06. The van der Waals surface area contributed by atoms with Gasteiger partial charge in [0.15, 0.2) is 0 Å². The molecule has 4 nitrogen and oxygen atoms in total. The maximum Gasteiger partial charge on any atom is 0.226 e. The first-order valence-corrected chi connectivity index (χ1v) is 6.45. The predicted octanol–water partition coefficient (Wildman–Crippen LogP) is 1.95. The minimum Gasteiger partial charge on any atom is -0.356 e. The van der Waals surface area contributed by atoms with Crippen molar-refractivity contribution in [1.82, 2.24) is 10.3 Å². The third kappa shape index (κ3) is 7.87. The SMILES string of the molecule is CCc1nc(CC(=O)NCCC(C)N)cs1.Cl.Cl. The van der Waals surface area contributed by atoms with Crippen molar-refractivity contribution in [1.29, 1.82) is 0 Å². The molecule has 0 saturated heterocycles. The molecular formula is C11H21Cl2N3OS. The third-order valence-corrected chi connectivity index (χ3v) is 3.21. The van der Waals surface area contributed by atoms with Crippen molar-refractivity contribution in [2.24, 2.45) is 5.73 Å². The van der Waals surface area contributed by atoms with Gasteiger partial charge in [-0.1, -0.05) is 6.92 Å². The molecule has 1 aromatic rings. The molecule has 1 aromatic heterocycles. The number of amides is 1. The third-order valence-electron chi connectivity index (χ3n) is 2.17. The minimum absolute atomic E-state index is 0. The number of nitrogens with two attached hydrogens (primary N) is 1. The number of carbonyl (C=O) groups is 1. The molecule has 0 bridgehead atoms. The van der Waals surface area contributed by atoms with Gasteiger partial charge in [0.2, 0.25) is 5.91 Å². The van der Waals surface area contributed by atoms with Gasteiger partial charge in [0, 0.05) is 18.0 Å². The molecule has 0 aliphatic rings. The second-order valence-corrected chi connectivity index (χ2v) is 4.82. The molecular weight excluding hydrogens is 293 g/mol. The Labute approximate surface area is 125 Å². The van der Waals surface area contributed by atoms with Crippen LogP contribution in [-0.2, 0) is 17.6 Å². The lowest BCUT2D eigenvalue weighted by Crippen LogP contribution is -2.30. The summed E-state index contributed by atoms with van der Waals surface area (Å²) in [7, 11) is 0. The van der Waals surface area contributed by atoms with Crippen molar-refractivity contribution < 1.29 is 4.79 Å². The van der Waals surface area contributed by atoms with E-state index < -0.39 is 0 Å². The van der Waals surface area contributed by atoms with Crippen LogP contribution >= 0.6 is 36.2 Å². The van der Waals surface area contributed by atoms with E-state index in [1.807, 2.05) is 12.3 Å². The fourth-order valence-corrected chi connectivity index (χ4v) is 2.00. The molecule has 0 aliphatic heterocycles. The second-order valence-electron chi connectivity index (χ2n) is 3.88. The highest BCUT2D eigenvalue weighted by Crippen LogP contribution is 2.10. The van der Waals surface area contributed by atoms with Crippen LogP contribution in [0.15, 0.2) is 5.38 Å². The molecule has 0 saturated carbocycles. The second kappa shape index (κ2) is 10.6. The number of carbonyl (C=O) groups excluding carboxylic acids is 1. The van der Waals surface area contributed by atoms with Crippen molar-refractivity contribution in [2.45, 2.75) is 39.2 Å². The van der Waals surface area contributed by atoms with Crippen LogP contribution in [-0.4, -0.2) is 23.5 Å². The van der Waals surface area contributed by atoms with E-state index in [1.165, 1.54) is 0 Å². The first kappa shape index (κ1) is 20.0. The molecule has 0 radical (unpaired) electrons. The van der Waals surface area contributed by atoms with Gasteiger partial charge in [0.1, 0.15) is 0 Å². The molecule has 1 amide bonds. The zero-order valence-corrected chi connectivity index (χ0v) is 13.1. The first-order valence-electron chi connectivity index (χ1n) is 5.57. The molecule has 0 aliphatic carbocycles. The molecule has 0 spiro atoms. The predicted molar refractivity (Wildman–Crippen MR) is 81.0 cm³/mol. The minimum atomic E-state index is 0. The normalized spacial score (nSPS) is 11.1. The average Bonchev–Trinajstić information content (AvgIpc) is 2.65. The number of aromatic nitrogens is 1. The molecule has 7 heteroatoms. The van der Waals surface area contributed by atoms with Gasteiger partial charge in [-0.2, -0.15) is 0 Å². The number of thiazole rings is 1. The van der Waals surface area contributed by atoms with Crippen LogP contribution in [0.1, 0.15) is 31.0 Å². The highest BCUT2D eigenvalue weighted by atomic mass is 35.5. The lowest BCUT2D eigenvalue weighted by atomic mass is 10.2. The number of rotatable bonds is 6. The lowest BCUT2D eigenvalue weighted by Gasteiger charge is -2.06. The van der Waals surface area contributed by atoms with Gasteiger partial charge in [-0.3, -0.25) is 4.79 Å². The smallest absolute Gasteiger partial charge is 0.226 e. The number of hydrogen-bond donors (Lipinski definition) is 2. The topological polar surface area (TPSA) is 68.0 Å². The Balaban J connectivity index is 0. The molecule has 1 rings (SSSR count). The van der Waals surface area contributed by atoms with Crippen molar-refractivity contribution in [3.63, 3.8) is 0 Å². The maximum absolute atomic E-state index is 11.5. The van der Waals surface area contributed by atoms with Crippen LogP contribution in [0.5, 0.6) is 0 Å². The first-order chi connectivity index (χ1) is 7.61. The lowest BCUT2D eigenvalue weighted by molar-refractivity contribution is -0.120. The summed E-state index contributed by atoms with van der Waals surface area (Å²) in [5, 5.41) is 5.87. The van der Waals surface area contributed by atoms with E-state index in [0.29, 0.717) is 13.0 Å². The summed E-state index contributed by atoms with van der Waals surface area (Å²) in [5.74, 6) is 0.0219. The van der Waals surface area contributed by atoms with Crippen molar-refractivity contribution >= 4 is 42.1 Å². The summed E-state index contributed by atoms with van der Waals surface area (Å²) >= 11 is 1.61. The standard InChI is InChI=1S/C11H19N3OS.2ClH/c1-3-11-14-9(7-16-11)6-10(15)13-5-4-8(2)12;;/h7-8H,3-6,12H2,1-2H3,(H,13,15);2*1H. The summed E-state index contributed by atoms with van der Waals surface area (Å²) < 4.78 is 0. The number of halogens is 2. The van der Waals surface area contributed by atoms with Gasteiger partial charge in [-0.05, 0) is 19.8 Å². The zero-order valence-electron chi connectivity index (χ0n) is 10.6. The largest absolute Gasteiger partial charge is 0.356 e. The van der Waals surface area contributed by atoms with Gasteiger partial charge in [0.05, 0.1) is 17.1 Å². The number of nitrogens with one attached hydrogen (secondary N) is 1. The number of hydrogen-bond acceptors (Lipinski definition) is 4. The van der Waals surface area contributed by atoms with Crippen LogP contribution in [0.25, 0.3) is 0 Å². The summed E-state index contributed by atoms with van der Waals surface area (Å²) in [6, 6.07) is 0.131. The van der Waals surface area contributed by atoms with Crippen molar-refractivity contribution in [3.8, 4) is 0 Å². The fraction of sp³-hybridized carbons (Fsp3) is 0.636. The fourth-order valence-electron chi connectivity index (χ4n) is 1.26. The quantitative estimate of drug-likeness (QED) is 0.843. The van der Waals surface area contributed by atoms with Gasteiger partial charge in [0.25, 0.3) is 0 Å². The molecule has 1 atom stereocenters. The van der Waals surface area contributed by atoms with E-state index in [9.17, 15) is 4.79 Å². The Bertz CT molecular complexity index is 345. The molecule has 0 fully saturated rings. The Hall–Kier alpha value is -0.360. The van der Waals surface area contributed by atoms with E-state index in [2.05, 4.69) is 17.2 Å². The molecule has 1 unspecified atom stereocenters. The Kier molecular flexibility index (Phi) is 11.7. The number of nitrogens with zero attached hydrogens (tertiary/aromatic N) is 1. The van der Waals surface area contributed by atoms with E-state index in [4.69, 9.17) is 5.73 Å². The van der Waals surface area contributed by atoms with E-state index in [0.717, 1.165) is 23.5 Å². The molecule has 1 heterocycles. The maximum atomic E-state index is 11.5. The summed E-state index contributed by atoms with van der Waals surface area (Å²) in [6.07, 6.45) is 2.11. The monoisotopic (exact) mass is 313 g/mol. The van der Waals surface area contributed by atoms with Crippen LogP contribution in [0.3, 0.4) is 0 Å². The van der Waals surface area contributed by atoms with Crippen LogP contribution in [0.2, 0.25) is 0 Å². The van der Waals surface area contributed by atoms with Gasteiger partial charge < -0.3 is 11.1 Å². The Morgan fingerprint density at radius 3 is 2.72 bits per heavy atom. The van der Waals surface area contributed by atoms with E-state index in [-0.39, 0.29) is 36.8 Å². The molecule has 106 valence electrons. The van der Waals surface area contributed by atoms with Crippen LogP contribution in [0, 0.1) is 0 Å². The average molecular weight is 314 g/mol. The summed E-state index contributed by atoms with van der Waals surface area (Å²) in [6.45, 7) is 4.63. The van der Waals surface area contributed by atoms with Gasteiger partial charge >= 0.3 is 0 Å². The molecule has 0 aromatic carbocycles. The molecule has 18 heavy (non-hydrogen) atoms. The van der Waals surface area contributed by atoms with Crippen LogP contribution < -0.4 is 11.1 Å². The van der Waals surface area contributed by atoms with Gasteiger partial charge in [-0.15, -0.1) is 36.2 Å². The van der Waals surface area contributed by atoms with E-state index >= 15 is 0 Å². The van der Waals surface area contributed by atoms with Crippen molar-refractivity contribution in [3.05, 3.63) is 16.1 Å². The Morgan fingerprint density at radius 2 is 2.22 bits per heavy atom. The zero-order chi connectivity index (χ0) is 12.0. The highest BCUT2D eigenvalue weighted by molar-refractivity contribution is 7.09. The van der Waals surface area contributed by atoms with E-state index in [1.54, 1.807) is 11.3 Å². The van der Waals surface area contributed by atoms with Crippen molar-refractivity contribution in [2.75, 3.05) is 6.54 Å². The Morgan fingerprint density at radius 1 is 1.56 bits per heavy atom. The summed E-state index contributed by atoms with van der Waals surface area (Å²) in [4.78, 5) is 15.8. The molecule has 3 N–H and O–H groups in total. The van der Waals surface area contributed by atoms with Crippen LogP contribution in [0.4, 0.5) is 0 Å². The number of aryl methyl sites for hydroxylation is 1. The van der Waals surface area contributed by atoms with Gasteiger partial charge in [-0.25, -0.2) is 4.98 Å². The summed E-state index contributed by atoms with van der Waals surface area (Å²) in [5.41, 5.74) is 6.45.